The summed E-state index contributed by atoms with van der Waals surface area (Å²) in [7, 11) is 0. The number of aryl methyl sites for hydroxylation is 1. The van der Waals surface area contributed by atoms with Crippen molar-refractivity contribution in [3.8, 4) is 0 Å². The Hall–Kier alpha value is -3.91. The number of aliphatic carboxylic acids is 1. The normalized spacial score (nSPS) is 19.4. The van der Waals surface area contributed by atoms with Gasteiger partial charge in [0.2, 0.25) is 0 Å². The second-order valence-corrected chi connectivity index (χ2v) is 10.6. The van der Waals surface area contributed by atoms with Crippen molar-refractivity contribution < 1.29 is 28.9 Å². The highest BCUT2D eigenvalue weighted by Gasteiger charge is 2.54. The summed E-state index contributed by atoms with van der Waals surface area (Å²) in [4.78, 5) is 48.9. The third-order valence-corrected chi connectivity index (χ3v) is 8.25. The molecule has 0 aliphatic carbocycles. The van der Waals surface area contributed by atoms with E-state index in [-0.39, 0.29) is 28.8 Å². The van der Waals surface area contributed by atoms with Crippen LogP contribution in [0.3, 0.4) is 0 Å². The van der Waals surface area contributed by atoms with Crippen LogP contribution in [0.5, 0.6) is 0 Å². The number of thiazole rings is 1. The van der Waals surface area contributed by atoms with Crippen LogP contribution in [0, 0.1) is 0 Å². The molecule has 12 nitrogen and oxygen atoms in total. The second kappa shape index (κ2) is 10.5. The zero-order valence-electron chi connectivity index (χ0n) is 20.7. The Kier molecular flexibility index (Phi) is 7.08. The summed E-state index contributed by atoms with van der Waals surface area (Å²) >= 11 is 2.55. The van der Waals surface area contributed by atoms with Crippen LogP contribution in [0.25, 0.3) is 5.52 Å². The number of anilines is 1. The van der Waals surface area contributed by atoms with Crippen molar-refractivity contribution in [3.05, 3.63) is 58.8 Å². The smallest absolute Gasteiger partial charge is 0.352 e. The lowest BCUT2D eigenvalue weighted by molar-refractivity contribution is -0.688. The predicted octanol–water partition coefficient (Wildman–Crippen LogP) is 1.01. The van der Waals surface area contributed by atoms with E-state index in [9.17, 15) is 19.5 Å². The number of aromatic nitrogens is 3. The van der Waals surface area contributed by atoms with Crippen LogP contribution in [0.4, 0.5) is 5.13 Å². The Labute approximate surface area is 225 Å². The van der Waals surface area contributed by atoms with Gasteiger partial charge in [-0.05, 0) is 25.5 Å². The molecule has 2 aliphatic heterocycles. The van der Waals surface area contributed by atoms with Crippen LogP contribution in [-0.2, 0) is 32.2 Å². The summed E-state index contributed by atoms with van der Waals surface area (Å²) in [5.41, 5.74) is 8.48. The number of nitrogens with one attached hydrogen (secondary N) is 1. The van der Waals surface area contributed by atoms with Crippen molar-refractivity contribution >= 4 is 57.2 Å². The van der Waals surface area contributed by atoms with Gasteiger partial charge in [-0.25, -0.2) is 9.78 Å². The lowest BCUT2D eigenvalue weighted by atomic mass is 10.0. The van der Waals surface area contributed by atoms with E-state index in [1.165, 1.54) is 16.7 Å². The van der Waals surface area contributed by atoms with E-state index in [2.05, 4.69) is 26.8 Å². The Morgan fingerprint density at radius 1 is 1.37 bits per heavy atom. The lowest BCUT2D eigenvalue weighted by Gasteiger charge is -2.49. The van der Waals surface area contributed by atoms with Gasteiger partial charge in [-0.2, -0.15) is 4.57 Å². The molecule has 0 spiro atoms. The summed E-state index contributed by atoms with van der Waals surface area (Å²) in [6, 6.07) is 3.04. The number of rotatable bonds is 9. The highest BCUT2D eigenvalue weighted by Crippen LogP contribution is 2.40. The first kappa shape index (κ1) is 25.7. The molecular formula is C24H26N7O5S2+. The van der Waals surface area contributed by atoms with Crippen LogP contribution in [-0.4, -0.2) is 66.7 Å². The summed E-state index contributed by atoms with van der Waals surface area (Å²) < 4.78 is 4.04. The van der Waals surface area contributed by atoms with Crippen LogP contribution in [0.2, 0.25) is 0 Å². The minimum Gasteiger partial charge on any atom is -0.477 e. The van der Waals surface area contributed by atoms with Crippen molar-refractivity contribution in [3.63, 3.8) is 0 Å². The van der Waals surface area contributed by atoms with Crippen molar-refractivity contribution in [2.75, 3.05) is 18.1 Å². The first-order valence-electron chi connectivity index (χ1n) is 11.9. The number of amides is 2. The van der Waals surface area contributed by atoms with Gasteiger partial charge in [0, 0.05) is 22.9 Å². The van der Waals surface area contributed by atoms with E-state index in [1.807, 2.05) is 35.3 Å². The fraction of sp³-hybridized carbons (Fsp3) is 0.333. The van der Waals surface area contributed by atoms with Crippen LogP contribution < -0.4 is 15.6 Å². The van der Waals surface area contributed by atoms with Crippen LogP contribution >= 0.6 is 23.1 Å². The third kappa shape index (κ3) is 4.60. The molecule has 14 heteroatoms. The molecule has 4 N–H and O–H groups in total. The van der Waals surface area contributed by atoms with Crippen molar-refractivity contribution in [2.24, 2.45) is 5.16 Å². The molecule has 5 rings (SSSR count). The molecule has 38 heavy (non-hydrogen) atoms. The number of carbonyl (C=O) groups is 3. The van der Waals surface area contributed by atoms with E-state index < -0.39 is 29.2 Å². The molecule has 1 fully saturated rings. The molecule has 2 aliphatic rings. The molecule has 2 atom stereocenters. The van der Waals surface area contributed by atoms with Crippen molar-refractivity contribution in [2.45, 2.75) is 38.2 Å². The van der Waals surface area contributed by atoms with Crippen LogP contribution in [0.1, 0.15) is 25.2 Å². The Morgan fingerprint density at radius 2 is 2.18 bits per heavy atom. The maximum absolute atomic E-state index is 13.1. The van der Waals surface area contributed by atoms with Gasteiger partial charge in [0.25, 0.3) is 11.8 Å². The monoisotopic (exact) mass is 556 g/mol. The summed E-state index contributed by atoms with van der Waals surface area (Å²) in [5, 5.41) is 17.9. The molecule has 1 saturated heterocycles. The standard InChI is InChI=1S/C24H25N7O5S2/c1-3-14-9-29(10-15-6-5-7-30(14)15)8-13-11-37-22-18(21(33)31(22)19(13)23(34)35)27-20(32)17(28-36-4-2)16-12-38-24(25)26-16/h5-7,9-10,12,18,22H,3-4,8,11H2,1-2H3,(H3-,25,26,27,32,34,35)/p+1/b28-17-/t18-,22-/m1/s1. The average molecular weight is 557 g/mol. The van der Waals surface area contributed by atoms with Gasteiger partial charge in [0.05, 0.1) is 5.69 Å². The number of nitrogens with two attached hydrogens (primary N) is 1. The number of thioether (sulfide) groups is 1. The van der Waals surface area contributed by atoms with Gasteiger partial charge >= 0.3 is 5.97 Å². The van der Waals surface area contributed by atoms with Crippen LogP contribution in [0.15, 0.2) is 52.5 Å². The van der Waals surface area contributed by atoms with Crippen molar-refractivity contribution in [1.82, 2.24) is 19.6 Å². The summed E-state index contributed by atoms with van der Waals surface area (Å²) in [6.07, 6.45) is 6.74. The zero-order valence-corrected chi connectivity index (χ0v) is 22.3. The number of carbonyl (C=O) groups excluding carboxylic acids is 2. The van der Waals surface area contributed by atoms with E-state index in [4.69, 9.17) is 10.6 Å². The topological polar surface area (TPSA) is 156 Å². The highest BCUT2D eigenvalue weighted by atomic mass is 32.2. The fourth-order valence-corrected chi connectivity index (χ4v) is 6.42. The van der Waals surface area contributed by atoms with Crippen molar-refractivity contribution in [1.29, 1.82) is 0 Å². The second-order valence-electron chi connectivity index (χ2n) is 8.63. The molecule has 0 aromatic carbocycles. The molecule has 2 amide bonds. The van der Waals surface area contributed by atoms with E-state index in [0.29, 0.717) is 17.9 Å². The van der Waals surface area contributed by atoms with Gasteiger partial charge in [-0.1, -0.05) is 12.1 Å². The number of nitrogen functional groups attached to an aromatic ring is 1. The number of fused-ring (bicyclic) bond motifs is 2. The van der Waals surface area contributed by atoms with Gasteiger partial charge < -0.3 is 25.4 Å². The SMILES string of the molecule is CCO/N=C(\C(=O)N[C@@H]1C(=O)N2C(C(=O)O)=C(C[n+]3cc(CC)n4cccc4c3)CS[C@H]12)c1csc(N)n1. The van der Waals surface area contributed by atoms with Gasteiger partial charge in [0.15, 0.2) is 29.8 Å². The molecule has 3 aromatic heterocycles. The number of hydrogen-bond acceptors (Lipinski definition) is 9. The molecule has 0 bridgehead atoms. The molecule has 0 radical (unpaired) electrons. The quantitative estimate of drug-likeness (QED) is 0.153. The molecule has 0 unspecified atom stereocenters. The third-order valence-electron chi connectivity index (χ3n) is 6.24. The average Bonchev–Trinajstić information content (AvgIpc) is 3.55. The Balaban J connectivity index is 1.37. The highest BCUT2D eigenvalue weighted by molar-refractivity contribution is 8.00. The number of hydrogen-bond donors (Lipinski definition) is 3. The number of carboxylic acid groups (broad SMARTS) is 1. The first-order chi connectivity index (χ1) is 18.3. The van der Waals surface area contributed by atoms with Gasteiger partial charge in [0.1, 0.15) is 34.9 Å². The molecule has 5 heterocycles. The van der Waals surface area contributed by atoms with E-state index >= 15 is 0 Å². The maximum atomic E-state index is 13.1. The van der Waals surface area contributed by atoms with Gasteiger partial charge in [-0.3, -0.25) is 14.5 Å². The molecule has 198 valence electrons. The number of nitrogens with zero attached hydrogens (tertiary/aromatic N) is 5. The predicted molar refractivity (Wildman–Crippen MR) is 141 cm³/mol. The maximum Gasteiger partial charge on any atom is 0.352 e. The summed E-state index contributed by atoms with van der Waals surface area (Å²) in [6.45, 7) is 4.34. The van der Waals surface area contributed by atoms with E-state index in [0.717, 1.165) is 29.0 Å². The van der Waals surface area contributed by atoms with E-state index in [1.54, 1.807) is 12.3 Å². The lowest BCUT2D eigenvalue weighted by Crippen LogP contribution is -2.71. The number of carboxylic acids is 1. The van der Waals surface area contributed by atoms with Gasteiger partial charge in [-0.15, -0.1) is 23.1 Å². The number of oxime groups is 1. The Morgan fingerprint density at radius 3 is 2.87 bits per heavy atom. The molecule has 3 aromatic rings. The minimum absolute atomic E-state index is 0.0412. The molecule has 0 saturated carbocycles. The first-order valence-corrected chi connectivity index (χ1v) is 13.9. The number of β-lactam (4-membered cyclic amide) rings is 1. The molecular weight excluding hydrogens is 530 g/mol. The minimum atomic E-state index is -1.18. The Bertz CT molecular complexity index is 1490. The summed E-state index contributed by atoms with van der Waals surface area (Å²) in [5.74, 6) is -1.94. The fourth-order valence-electron chi connectivity index (χ4n) is 4.54. The largest absolute Gasteiger partial charge is 0.477 e. The zero-order chi connectivity index (χ0) is 27.0.